The first-order valence-electron chi connectivity index (χ1n) is 9.53. The molecule has 2 aromatic carbocycles. The summed E-state index contributed by atoms with van der Waals surface area (Å²) < 4.78 is 16.2. The van der Waals surface area contributed by atoms with E-state index in [9.17, 15) is 9.59 Å². The van der Waals surface area contributed by atoms with Crippen LogP contribution < -0.4 is 20.6 Å². The zero-order chi connectivity index (χ0) is 20.2. The third kappa shape index (κ3) is 4.57. The number of fused-ring (bicyclic) bond motifs is 1. The second kappa shape index (κ2) is 8.36. The van der Waals surface area contributed by atoms with Gasteiger partial charge in [0, 0.05) is 42.0 Å². The van der Waals surface area contributed by atoms with Gasteiger partial charge in [-0.25, -0.2) is 4.79 Å². The van der Waals surface area contributed by atoms with Crippen LogP contribution in [0, 0.1) is 0 Å². The number of rotatable bonds is 5. The van der Waals surface area contributed by atoms with Crippen LogP contribution in [0.4, 0.5) is 11.4 Å². The predicted molar refractivity (Wildman–Crippen MR) is 111 cm³/mol. The van der Waals surface area contributed by atoms with E-state index < -0.39 is 11.7 Å². The molecule has 3 aromatic rings. The highest BCUT2D eigenvalue weighted by Crippen LogP contribution is 2.22. The van der Waals surface area contributed by atoms with E-state index in [1.807, 2.05) is 24.3 Å². The Labute approximate surface area is 167 Å². The zero-order valence-electron chi connectivity index (χ0n) is 16.1. The fourth-order valence-electron chi connectivity index (χ4n) is 3.19. The van der Waals surface area contributed by atoms with E-state index in [0.717, 1.165) is 37.4 Å². The van der Waals surface area contributed by atoms with Gasteiger partial charge in [-0.15, -0.1) is 0 Å². The molecule has 0 aliphatic carbocycles. The Balaban J connectivity index is 1.38. The zero-order valence-corrected chi connectivity index (χ0v) is 16.1. The molecular weight excluding hydrogens is 372 g/mol. The molecule has 1 atom stereocenters. The molecule has 0 spiro atoms. The van der Waals surface area contributed by atoms with Crippen LogP contribution in [0.3, 0.4) is 0 Å². The molecule has 1 aliphatic rings. The third-order valence-electron chi connectivity index (χ3n) is 4.79. The molecule has 1 amide bonds. The topological polar surface area (TPSA) is 81.0 Å². The lowest BCUT2D eigenvalue weighted by Gasteiger charge is -2.29. The summed E-state index contributed by atoms with van der Waals surface area (Å²) in [5.41, 5.74) is 1.79. The molecule has 1 aliphatic heterocycles. The number of amides is 1. The maximum Gasteiger partial charge on any atom is 0.336 e. The number of nitrogens with one attached hydrogen (secondary N) is 1. The Morgan fingerprint density at radius 2 is 1.79 bits per heavy atom. The van der Waals surface area contributed by atoms with Crippen molar-refractivity contribution in [2.75, 3.05) is 36.5 Å². The number of ether oxygens (including phenoxy) is 2. The number of anilines is 2. The van der Waals surface area contributed by atoms with E-state index in [-0.39, 0.29) is 5.91 Å². The van der Waals surface area contributed by atoms with Crippen molar-refractivity contribution in [3.8, 4) is 5.75 Å². The van der Waals surface area contributed by atoms with Gasteiger partial charge < -0.3 is 24.1 Å². The number of carbonyl (C=O) groups is 1. The average Bonchev–Trinajstić information content (AvgIpc) is 2.74. The first-order valence-corrected chi connectivity index (χ1v) is 9.53. The van der Waals surface area contributed by atoms with E-state index in [2.05, 4.69) is 10.2 Å². The number of carbonyl (C=O) groups excluding carboxylic acids is 1. The highest BCUT2D eigenvalue weighted by atomic mass is 16.5. The Bertz CT molecular complexity index is 1050. The van der Waals surface area contributed by atoms with E-state index in [0.29, 0.717) is 17.0 Å². The molecule has 1 N–H and O–H groups in total. The Kier molecular flexibility index (Phi) is 5.48. The smallest absolute Gasteiger partial charge is 0.336 e. The van der Waals surface area contributed by atoms with Gasteiger partial charge in [0.05, 0.1) is 13.2 Å². The van der Waals surface area contributed by atoms with E-state index in [1.54, 1.807) is 31.2 Å². The van der Waals surface area contributed by atoms with Crippen LogP contribution in [0.15, 0.2) is 63.8 Å². The largest absolute Gasteiger partial charge is 0.481 e. The number of benzene rings is 2. The quantitative estimate of drug-likeness (QED) is 0.670. The number of nitrogens with zero attached hydrogens (tertiary/aromatic N) is 1. The summed E-state index contributed by atoms with van der Waals surface area (Å²) in [5, 5.41) is 3.64. The van der Waals surface area contributed by atoms with Crippen molar-refractivity contribution in [3.63, 3.8) is 0 Å². The second-order valence-corrected chi connectivity index (χ2v) is 6.85. The van der Waals surface area contributed by atoms with Crippen LogP contribution in [0.5, 0.6) is 5.75 Å². The normalized spacial score (nSPS) is 15.1. The minimum absolute atomic E-state index is 0.265. The van der Waals surface area contributed by atoms with Crippen LogP contribution in [0.25, 0.3) is 11.0 Å². The monoisotopic (exact) mass is 394 g/mol. The molecule has 2 heterocycles. The van der Waals surface area contributed by atoms with Crippen molar-refractivity contribution < 1.29 is 18.7 Å². The minimum Gasteiger partial charge on any atom is -0.481 e. The average molecular weight is 394 g/mol. The first kappa shape index (κ1) is 19.0. The lowest BCUT2D eigenvalue weighted by Crippen LogP contribution is -2.36. The molecule has 1 fully saturated rings. The Morgan fingerprint density at radius 3 is 2.55 bits per heavy atom. The molecule has 4 rings (SSSR count). The van der Waals surface area contributed by atoms with Gasteiger partial charge in [0.1, 0.15) is 11.3 Å². The van der Waals surface area contributed by atoms with Crippen LogP contribution in [-0.4, -0.2) is 38.3 Å². The summed E-state index contributed by atoms with van der Waals surface area (Å²) in [7, 11) is 0. The number of morpholine rings is 1. The number of hydrogen-bond donors (Lipinski definition) is 1. The fraction of sp³-hybridized carbons (Fsp3) is 0.273. The highest BCUT2D eigenvalue weighted by Gasteiger charge is 2.16. The SMILES string of the molecule is C[C@H](Oc1ccc2ccc(=O)oc2c1)C(=O)Nc1ccc(N2CCOCC2)cc1. The Hall–Kier alpha value is -3.32. The third-order valence-corrected chi connectivity index (χ3v) is 4.79. The van der Waals surface area contributed by atoms with Gasteiger partial charge in [-0.1, -0.05) is 0 Å². The predicted octanol–water partition coefficient (Wildman–Crippen LogP) is 3.04. The van der Waals surface area contributed by atoms with Crippen LogP contribution in [-0.2, 0) is 9.53 Å². The van der Waals surface area contributed by atoms with Gasteiger partial charge in [0.25, 0.3) is 5.91 Å². The van der Waals surface area contributed by atoms with Crippen LogP contribution in [0.1, 0.15) is 6.92 Å². The van der Waals surface area contributed by atoms with Crippen molar-refractivity contribution in [3.05, 3.63) is 65.0 Å². The Morgan fingerprint density at radius 1 is 1.07 bits per heavy atom. The van der Waals surface area contributed by atoms with Gasteiger partial charge >= 0.3 is 5.63 Å². The summed E-state index contributed by atoms with van der Waals surface area (Å²) in [4.78, 5) is 26.1. The molecule has 0 bridgehead atoms. The minimum atomic E-state index is -0.721. The van der Waals surface area contributed by atoms with Gasteiger partial charge in [0.2, 0.25) is 0 Å². The summed E-state index contributed by atoms with van der Waals surface area (Å²) in [6, 6.07) is 15.9. The molecule has 7 nitrogen and oxygen atoms in total. The van der Waals surface area contributed by atoms with Crippen molar-refractivity contribution in [1.82, 2.24) is 0 Å². The molecule has 150 valence electrons. The van der Waals surface area contributed by atoms with Gasteiger partial charge in [-0.2, -0.15) is 0 Å². The van der Waals surface area contributed by atoms with E-state index >= 15 is 0 Å². The standard InChI is InChI=1S/C22H22N2O5/c1-15(28-19-8-2-16-3-9-21(25)29-20(16)14-19)22(26)23-17-4-6-18(7-5-17)24-10-12-27-13-11-24/h2-9,14-15H,10-13H2,1H3,(H,23,26)/t15-/m0/s1. The van der Waals surface area contributed by atoms with Crippen molar-refractivity contribution in [1.29, 1.82) is 0 Å². The first-order chi connectivity index (χ1) is 14.1. The summed E-state index contributed by atoms with van der Waals surface area (Å²) in [6.45, 7) is 4.85. The molecular formula is C22H22N2O5. The summed E-state index contributed by atoms with van der Waals surface area (Å²) >= 11 is 0. The van der Waals surface area contributed by atoms with Crippen molar-refractivity contribution in [2.24, 2.45) is 0 Å². The number of hydrogen-bond acceptors (Lipinski definition) is 6. The van der Waals surface area contributed by atoms with Crippen LogP contribution in [0.2, 0.25) is 0 Å². The molecule has 0 saturated carbocycles. The van der Waals surface area contributed by atoms with Gasteiger partial charge in [-0.05, 0) is 49.4 Å². The summed E-state index contributed by atoms with van der Waals surface area (Å²) in [6.07, 6.45) is -0.721. The van der Waals surface area contributed by atoms with Crippen molar-refractivity contribution in [2.45, 2.75) is 13.0 Å². The lowest BCUT2D eigenvalue weighted by atomic mass is 10.2. The fourth-order valence-corrected chi connectivity index (χ4v) is 3.19. The van der Waals surface area contributed by atoms with E-state index in [1.165, 1.54) is 6.07 Å². The van der Waals surface area contributed by atoms with Gasteiger partial charge in [0.15, 0.2) is 6.10 Å². The molecule has 7 heteroatoms. The summed E-state index contributed by atoms with van der Waals surface area (Å²) in [5.74, 6) is 0.191. The second-order valence-electron chi connectivity index (χ2n) is 6.85. The molecule has 0 radical (unpaired) electrons. The van der Waals surface area contributed by atoms with Crippen molar-refractivity contribution >= 4 is 28.3 Å². The van der Waals surface area contributed by atoms with Crippen LogP contribution >= 0.6 is 0 Å². The van der Waals surface area contributed by atoms with Gasteiger partial charge in [-0.3, -0.25) is 4.79 Å². The van der Waals surface area contributed by atoms with E-state index in [4.69, 9.17) is 13.9 Å². The molecule has 0 unspecified atom stereocenters. The highest BCUT2D eigenvalue weighted by molar-refractivity contribution is 5.94. The maximum atomic E-state index is 12.5. The molecule has 1 aromatic heterocycles. The molecule has 29 heavy (non-hydrogen) atoms. The lowest BCUT2D eigenvalue weighted by molar-refractivity contribution is -0.122. The molecule has 1 saturated heterocycles. The maximum absolute atomic E-state index is 12.5.